The largest absolute Gasteiger partial charge is 0.496 e. The number of ether oxygens (including phenoxy) is 2. The first kappa shape index (κ1) is 14.3. The molecule has 0 fully saturated rings. The second-order valence-electron chi connectivity index (χ2n) is 3.64. The number of Topliss-reactive ketones (excluding diaryl/α,β-unsaturated/α-hetero) is 1. The van der Waals surface area contributed by atoms with Crippen molar-refractivity contribution in [1.29, 1.82) is 0 Å². The number of ketones is 1. The molecule has 0 bridgehead atoms. The molecule has 0 aromatic heterocycles. The second kappa shape index (κ2) is 5.27. The number of hydrogen-bond donors (Lipinski definition) is 1. The summed E-state index contributed by atoms with van der Waals surface area (Å²) in [6, 6.07) is 0. The lowest BCUT2D eigenvalue weighted by molar-refractivity contribution is -0.131. The van der Waals surface area contributed by atoms with Crippen LogP contribution in [0, 0.1) is 13.8 Å². The van der Waals surface area contributed by atoms with Gasteiger partial charge in [-0.15, -0.1) is 0 Å². The number of rotatable bonds is 4. The summed E-state index contributed by atoms with van der Waals surface area (Å²) in [5, 5.41) is 9.12. The zero-order valence-electron chi connectivity index (χ0n) is 10.5. The van der Waals surface area contributed by atoms with E-state index in [1.54, 1.807) is 13.8 Å². The van der Waals surface area contributed by atoms with Gasteiger partial charge in [-0.25, -0.2) is 4.79 Å². The number of carboxylic acids is 1. The topological polar surface area (TPSA) is 72.8 Å². The van der Waals surface area contributed by atoms with E-state index in [9.17, 15) is 9.59 Å². The van der Waals surface area contributed by atoms with Crippen molar-refractivity contribution in [3.8, 4) is 11.5 Å². The molecule has 1 aromatic carbocycles. The molecule has 6 heteroatoms. The van der Waals surface area contributed by atoms with Gasteiger partial charge < -0.3 is 14.6 Å². The van der Waals surface area contributed by atoms with Crippen molar-refractivity contribution in [3.05, 3.63) is 21.7 Å². The van der Waals surface area contributed by atoms with Crippen molar-refractivity contribution in [2.45, 2.75) is 13.8 Å². The molecule has 1 rings (SSSR count). The highest BCUT2D eigenvalue weighted by Crippen LogP contribution is 2.41. The standard InChI is InChI=1S/C12H13ClO5/c1-5-7(9(14)12(15)16)10(17-3)6(2)8(13)11(5)18-4/h1-4H3,(H,15,16). The van der Waals surface area contributed by atoms with Crippen LogP contribution < -0.4 is 9.47 Å². The summed E-state index contributed by atoms with van der Waals surface area (Å²) in [4.78, 5) is 22.5. The Morgan fingerprint density at radius 3 is 1.94 bits per heavy atom. The molecule has 0 aliphatic carbocycles. The number of carboxylic acid groups (broad SMARTS) is 1. The SMILES string of the molecule is COc1c(C)c(C(=O)C(=O)O)c(OC)c(C)c1Cl. The molecule has 0 saturated carbocycles. The Bertz CT molecular complexity index is 522. The number of carbonyl (C=O) groups is 2. The smallest absolute Gasteiger partial charge is 0.377 e. The number of carbonyl (C=O) groups excluding carboxylic acids is 1. The van der Waals surface area contributed by atoms with E-state index in [0.29, 0.717) is 16.1 Å². The van der Waals surface area contributed by atoms with Gasteiger partial charge in [-0.05, 0) is 13.8 Å². The molecule has 0 amide bonds. The molecular formula is C12H13ClO5. The number of methoxy groups -OCH3 is 2. The van der Waals surface area contributed by atoms with Gasteiger partial charge in [0.15, 0.2) is 0 Å². The summed E-state index contributed by atoms with van der Waals surface area (Å²) in [6.07, 6.45) is 0. The molecule has 0 spiro atoms. The molecular weight excluding hydrogens is 260 g/mol. The van der Waals surface area contributed by atoms with E-state index in [-0.39, 0.29) is 17.1 Å². The molecule has 0 unspecified atom stereocenters. The zero-order valence-corrected chi connectivity index (χ0v) is 11.2. The van der Waals surface area contributed by atoms with Crippen LogP contribution in [0.1, 0.15) is 21.5 Å². The van der Waals surface area contributed by atoms with Crippen molar-refractivity contribution >= 4 is 23.4 Å². The molecule has 0 aliphatic heterocycles. The van der Waals surface area contributed by atoms with Gasteiger partial charge in [0.25, 0.3) is 5.78 Å². The van der Waals surface area contributed by atoms with E-state index >= 15 is 0 Å². The van der Waals surface area contributed by atoms with Gasteiger partial charge in [0.1, 0.15) is 11.5 Å². The van der Waals surface area contributed by atoms with E-state index in [1.165, 1.54) is 14.2 Å². The lowest BCUT2D eigenvalue weighted by Crippen LogP contribution is -2.17. The summed E-state index contributed by atoms with van der Waals surface area (Å²) >= 11 is 6.08. The first-order valence-corrected chi connectivity index (χ1v) is 5.42. The van der Waals surface area contributed by atoms with Crippen LogP contribution in [0.5, 0.6) is 11.5 Å². The van der Waals surface area contributed by atoms with Crippen molar-refractivity contribution in [3.63, 3.8) is 0 Å². The first-order valence-electron chi connectivity index (χ1n) is 5.05. The van der Waals surface area contributed by atoms with Gasteiger partial charge in [0.05, 0.1) is 24.8 Å². The highest BCUT2D eigenvalue weighted by molar-refractivity contribution is 6.42. The highest BCUT2D eigenvalue weighted by Gasteiger charge is 2.28. The van der Waals surface area contributed by atoms with Crippen LogP contribution >= 0.6 is 11.6 Å². The Morgan fingerprint density at radius 2 is 1.56 bits per heavy atom. The molecule has 0 aliphatic rings. The lowest BCUT2D eigenvalue weighted by atomic mass is 9.98. The third-order valence-corrected chi connectivity index (χ3v) is 3.10. The Hall–Kier alpha value is -1.75. The van der Waals surface area contributed by atoms with Gasteiger partial charge in [0.2, 0.25) is 0 Å². The Balaban J connectivity index is 3.73. The maximum absolute atomic E-state index is 11.7. The molecule has 0 atom stereocenters. The Labute approximate surface area is 109 Å². The third kappa shape index (κ3) is 2.13. The van der Waals surface area contributed by atoms with Crippen LogP contribution in [0.2, 0.25) is 5.02 Å². The van der Waals surface area contributed by atoms with Crippen LogP contribution in [0.3, 0.4) is 0 Å². The summed E-state index contributed by atoms with van der Waals surface area (Å²) in [6.45, 7) is 3.19. The van der Waals surface area contributed by atoms with Crippen molar-refractivity contribution in [2.75, 3.05) is 14.2 Å². The third-order valence-electron chi connectivity index (χ3n) is 2.64. The quantitative estimate of drug-likeness (QED) is 0.672. The van der Waals surface area contributed by atoms with Gasteiger partial charge >= 0.3 is 5.97 Å². The number of aliphatic carboxylic acids is 1. The molecule has 0 saturated heterocycles. The van der Waals surface area contributed by atoms with Crippen LogP contribution in [0.15, 0.2) is 0 Å². The van der Waals surface area contributed by atoms with Gasteiger partial charge in [-0.3, -0.25) is 4.79 Å². The van der Waals surface area contributed by atoms with E-state index in [2.05, 4.69) is 0 Å². The maximum atomic E-state index is 11.7. The summed E-state index contributed by atoms with van der Waals surface area (Å²) in [5.74, 6) is -2.17. The van der Waals surface area contributed by atoms with E-state index in [1.807, 2.05) is 0 Å². The molecule has 18 heavy (non-hydrogen) atoms. The monoisotopic (exact) mass is 272 g/mol. The van der Waals surface area contributed by atoms with Gasteiger partial charge in [-0.1, -0.05) is 11.6 Å². The number of benzene rings is 1. The normalized spacial score (nSPS) is 10.1. The average Bonchev–Trinajstić information content (AvgIpc) is 2.33. The van der Waals surface area contributed by atoms with Crippen molar-refractivity contribution in [2.24, 2.45) is 0 Å². The summed E-state index contributed by atoms with van der Waals surface area (Å²) in [7, 11) is 2.75. The number of hydrogen-bond acceptors (Lipinski definition) is 4. The van der Waals surface area contributed by atoms with E-state index in [0.717, 1.165) is 0 Å². The fraction of sp³-hybridized carbons (Fsp3) is 0.333. The molecule has 1 N–H and O–H groups in total. The lowest BCUT2D eigenvalue weighted by Gasteiger charge is -2.17. The van der Waals surface area contributed by atoms with E-state index < -0.39 is 11.8 Å². The van der Waals surface area contributed by atoms with Gasteiger partial charge in [-0.2, -0.15) is 0 Å². The van der Waals surface area contributed by atoms with Crippen LogP contribution in [-0.4, -0.2) is 31.1 Å². The van der Waals surface area contributed by atoms with Crippen LogP contribution in [-0.2, 0) is 4.79 Å². The van der Waals surface area contributed by atoms with Crippen LogP contribution in [0.25, 0.3) is 0 Å². The summed E-state index contributed by atoms with van der Waals surface area (Å²) in [5.41, 5.74) is 0.771. The average molecular weight is 273 g/mol. The molecule has 5 nitrogen and oxygen atoms in total. The fourth-order valence-corrected chi connectivity index (χ4v) is 2.09. The fourth-order valence-electron chi connectivity index (χ4n) is 1.78. The second-order valence-corrected chi connectivity index (χ2v) is 4.02. The number of halogens is 1. The maximum Gasteiger partial charge on any atom is 0.377 e. The molecule has 0 radical (unpaired) electrons. The summed E-state index contributed by atoms with van der Waals surface area (Å²) < 4.78 is 10.2. The zero-order chi connectivity index (χ0) is 14.0. The predicted octanol–water partition coefficient (Wildman–Crippen LogP) is 2.24. The predicted molar refractivity (Wildman–Crippen MR) is 66.0 cm³/mol. The van der Waals surface area contributed by atoms with Crippen LogP contribution in [0.4, 0.5) is 0 Å². The minimum atomic E-state index is -1.56. The Kier molecular flexibility index (Phi) is 4.19. The van der Waals surface area contributed by atoms with Crippen molar-refractivity contribution in [1.82, 2.24) is 0 Å². The first-order chi connectivity index (χ1) is 8.36. The van der Waals surface area contributed by atoms with Crippen molar-refractivity contribution < 1.29 is 24.2 Å². The minimum Gasteiger partial charge on any atom is -0.496 e. The van der Waals surface area contributed by atoms with E-state index in [4.69, 9.17) is 26.2 Å². The Morgan fingerprint density at radius 1 is 1.06 bits per heavy atom. The molecule has 98 valence electrons. The molecule has 1 aromatic rings. The van der Waals surface area contributed by atoms with Gasteiger partial charge in [0, 0.05) is 11.1 Å². The molecule has 0 heterocycles. The minimum absolute atomic E-state index is 0.0382. The highest BCUT2D eigenvalue weighted by atomic mass is 35.5.